The van der Waals surface area contributed by atoms with Gasteiger partial charge >= 0.3 is 0 Å². The van der Waals surface area contributed by atoms with Crippen molar-refractivity contribution < 1.29 is 22.7 Å². The highest BCUT2D eigenvalue weighted by molar-refractivity contribution is 7.94. The standard InChI is InChI=1S/C17H14N4O5S2/c22-15(11-4-2-1-3-5-11)18-16-19-20-17(27-16)28(23,24)21-12-6-7-13-14(10-12)26-9-8-25-13/h1-7,10,21H,8-9H2,(H,18,19,22). The Morgan fingerprint density at radius 2 is 1.75 bits per heavy atom. The number of nitrogens with one attached hydrogen (secondary N) is 2. The molecule has 1 amide bonds. The Morgan fingerprint density at radius 1 is 1.00 bits per heavy atom. The third-order valence-electron chi connectivity index (χ3n) is 3.69. The van der Waals surface area contributed by atoms with Gasteiger partial charge in [0.2, 0.25) is 5.13 Å². The monoisotopic (exact) mass is 418 g/mol. The average molecular weight is 418 g/mol. The van der Waals surface area contributed by atoms with Gasteiger partial charge in [-0.3, -0.25) is 14.8 Å². The Hall–Kier alpha value is -3.18. The van der Waals surface area contributed by atoms with Crippen LogP contribution in [0, 0.1) is 0 Å². The first-order chi connectivity index (χ1) is 13.5. The molecule has 1 aliphatic heterocycles. The van der Waals surface area contributed by atoms with Crippen molar-refractivity contribution in [2.45, 2.75) is 4.34 Å². The van der Waals surface area contributed by atoms with Crippen molar-refractivity contribution in [3.63, 3.8) is 0 Å². The fraction of sp³-hybridized carbons (Fsp3) is 0.118. The molecule has 0 saturated heterocycles. The van der Waals surface area contributed by atoms with E-state index in [1.165, 1.54) is 6.07 Å². The second-order valence-electron chi connectivity index (χ2n) is 5.66. The summed E-state index contributed by atoms with van der Waals surface area (Å²) in [6, 6.07) is 13.2. The van der Waals surface area contributed by atoms with E-state index in [0.717, 1.165) is 11.3 Å². The first-order valence-electron chi connectivity index (χ1n) is 8.14. The number of benzene rings is 2. The molecular formula is C17H14N4O5S2. The summed E-state index contributed by atoms with van der Waals surface area (Å²) >= 11 is 0.750. The van der Waals surface area contributed by atoms with Gasteiger partial charge in [-0.1, -0.05) is 29.5 Å². The lowest BCUT2D eigenvalue weighted by atomic mass is 10.2. The van der Waals surface area contributed by atoms with Gasteiger partial charge < -0.3 is 9.47 Å². The van der Waals surface area contributed by atoms with Crippen molar-refractivity contribution in [1.29, 1.82) is 0 Å². The maximum Gasteiger partial charge on any atom is 0.291 e. The Kier molecular flexibility index (Phi) is 4.84. The molecular weight excluding hydrogens is 404 g/mol. The number of fused-ring (bicyclic) bond motifs is 1. The number of hydrogen-bond acceptors (Lipinski definition) is 8. The molecule has 11 heteroatoms. The zero-order valence-electron chi connectivity index (χ0n) is 14.3. The normalized spacial score (nSPS) is 13.0. The highest BCUT2D eigenvalue weighted by Crippen LogP contribution is 2.33. The smallest absolute Gasteiger partial charge is 0.291 e. The first-order valence-corrected chi connectivity index (χ1v) is 10.4. The lowest BCUT2D eigenvalue weighted by molar-refractivity contribution is 0.102. The van der Waals surface area contributed by atoms with Crippen LogP contribution in [0.5, 0.6) is 11.5 Å². The maximum atomic E-state index is 12.6. The molecule has 28 heavy (non-hydrogen) atoms. The Bertz CT molecular complexity index is 1120. The van der Waals surface area contributed by atoms with E-state index in [9.17, 15) is 13.2 Å². The fourth-order valence-electron chi connectivity index (χ4n) is 2.43. The number of carbonyl (C=O) groups excluding carboxylic acids is 1. The fourth-order valence-corrected chi connectivity index (χ4v) is 4.38. The predicted octanol–water partition coefficient (Wildman–Crippen LogP) is 2.36. The summed E-state index contributed by atoms with van der Waals surface area (Å²) in [5.41, 5.74) is 0.728. The van der Waals surface area contributed by atoms with E-state index in [-0.39, 0.29) is 9.47 Å². The van der Waals surface area contributed by atoms with Gasteiger partial charge in [0.25, 0.3) is 20.3 Å². The van der Waals surface area contributed by atoms with Gasteiger partial charge in [0.15, 0.2) is 11.5 Å². The zero-order chi connectivity index (χ0) is 19.6. The van der Waals surface area contributed by atoms with E-state index in [4.69, 9.17) is 9.47 Å². The summed E-state index contributed by atoms with van der Waals surface area (Å²) in [7, 11) is -3.97. The Labute approximate surface area is 164 Å². The molecule has 0 saturated carbocycles. The second-order valence-corrected chi connectivity index (χ2v) is 8.49. The van der Waals surface area contributed by atoms with Crippen LogP contribution in [0.2, 0.25) is 0 Å². The van der Waals surface area contributed by atoms with Crippen LogP contribution >= 0.6 is 11.3 Å². The molecule has 1 aromatic heterocycles. The highest BCUT2D eigenvalue weighted by Gasteiger charge is 2.22. The SMILES string of the molecule is O=C(Nc1nnc(S(=O)(=O)Nc2ccc3c(c2)OCCO3)s1)c1ccccc1. The van der Waals surface area contributed by atoms with Crippen LogP contribution in [0.15, 0.2) is 52.9 Å². The average Bonchev–Trinajstić information content (AvgIpc) is 3.18. The highest BCUT2D eigenvalue weighted by atomic mass is 32.2. The van der Waals surface area contributed by atoms with Crippen LogP contribution in [0.25, 0.3) is 0 Å². The molecule has 1 aliphatic rings. The van der Waals surface area contributed by atoms with Gasteiger partial charge in [-0.05, 0) is 24.3 Å². The molecule has 9 nitrogen and oxygen atoms in total. The number of rotatable bonds is 5. The summed E-state index contributed by atoms with van der Waals surface area (Å²) in [5.74, 6) is 0.607. The minimum Gasteiger partial charge on any atom is -0.486 e. The summed E-state index contributed by atoms with van der Waals surface area (Å²) in [6.07, 6.45) is 0. The number of anilines is 2. The number of aromatic nitrogens is 2. The van der Waals surface area contributed by atoms with Crippen molar-refractivity contribution >= 4 is 38.1 Å². The first kappa shape index (κ1) is 18.2. The van der Waals surface area contributed by atoms with Crippen LogP contribution in [0.3, 0.4) is 0 Å². The van der Waals surface area contributed by atoms with E-state index in [1.807, 2.05) is 0 Å². The van der Waals surface area contributed by atoms with Gasteiger partial charge in [-0.25, -0.2) is 0 Å². The molecule has 0 unspecified atom stereocenters. The predicted molar refractivity (Wildman–Crippen MR) is 103 cm³/mol. The van der Waals surface area contributed by atoms with Gasteiger partial charge in [0.1, 0.15) is 13.2 Å². The van der Waals surface area contributed by atoms with Crippen molar-refractivity contribution in [3.8, 4) is 11.5 Å². The third kappa shape index (κ3) is 3.89. The van der Waals surface area contributed by atoms with Crippen LogP contribution in [0.4, 0.5) is 10.8 Å². The number of nitrogens with zero attached hydrogens (tertiary/aromatic N) is 2. The molecule has 0 spiro atoms. The molecule has 2 heterocycles. The van der Waals surface area contributed by atoms with E-state index < -0.39 is 15.9 Å². The summed E-state index contributed by atoms with van der Waals surface area (Å²) < 4.78 is 38.1. The largest absolute Gasteiger partial charge is 0.486 e. The molecule has 3 aromatic rings. The molecule has 0 bridgehead atoms. The van der Waals surface area contributed by atoms with Crippen LogP contribution in [-0.4, -0.2) is 37.7 Å². The number of amides is 1. The third-order valence-corrected chi connectivity index (χ3v) is 6.27. The number of carbonyl (C=O) groups is 1. The topological polar surface area (TPSA) is 120 Å². The minimum atomic E-state index is -3.97. The maximum absolute atomic E-state index is 12.6. The molecule has 144 valence electrons. The van der Waals surface area contributed by atoms with Gasteiger partial charge in [-0.15, -0.1) is 10.2 Å². The minimum absolute atomic E-state index is 0.0800. The van der Waals surface area contributed by atoms with Crippen molar-refractivity contribution in [1.82, 2.24) is 10.2 Å². The molecule has 2 N–H and O–H groups in total. The molecule has 0 radical (unpaired) electrons. The molecule has 0 atom stereocenters. The van der Waals surface area contributed by atoms with Gasteiger partial charge in [0, 0.05) is 11.6 Å². The zero-order valence-corrected chi connectivity index (χ0v) is 15.9. The van der Waals surface area contributed by atoms with E-state index >= 15 is 0 Å². The lowest BCUT2D eigenvalue weighted by Gasteiger charge is -2.18. The summed E-state index contributed by atoms with van der Waals surface area (Å²) in [5, 5.41) is 10.0. The van der Waals surface area contributed by atoms with E-state index in [0.29, 0.717) is 36.0 Å². The van der Waals surface area contributed by atoms with E-state index in [1.54, 1.807) is 42.5 Å². The number of hydrogen-bond donors (Lipinski definition) is 2. The van der Waals surface area contributed by atoms with Crippen LogP contribution < -0.4 is 19.5 Å². The summed E-state index contributed by atoms with van der Waals surface area (Å²) in [6.45, 7) is 0.838. The molecule has 0 fully saturated rings. The number of sulfonamides is 1. The van der Waals surface area contributed by atoms with E-state index in [2.05, 4.69) is 20.2 Å². The van der Waals surface area contributed by atoms with Gasteiger partial charge in [-0.2, -0.15) is 8.42 Å². The molecule has 2 aromatic carbocycles. The Morgan fingerprint density at radius 3 is 2.54 bits per heavy atom. The second kappa shape index (κ2) is 7.44. The van der Waals surface area contributed by atoms with Crippen LogP contribution in [0.1, 0.15) is 10.4 Å². The Balaban J connectivity index is 1.49. The van der Waals surface area contributed by atoms with Gasteiger partial charge in [0.05, 0.1) is 5.69 Å². The number of ether oxygens (including phenoxy) is 2. The van der Waals surface area contributed by atoms with Crippen molar-refractivity contribution in [2.75, 3.05) is 23.3 Å². The van der Waals surface area contributed by atoms with Crippen molar-refractivity contribution in [2.24, 2.45) is 0 Å². The molecule has 4 rings (SSSR count). The van der Waals surface area contributed by atoms with Crippen LogP contribution in [-0.2, 0) is 10.0 Å². The summed E-state index contributed by atoms with van der Waals surface area (Å²) in [4.78, 5) is 12.1. The molecule has 0 aliphatic carbocycles. The lowest BCUT2D eigenvalue weighted by Crippen LogP contribution is -2.16. The quantitative estimate of drug-likeness (QED) is 0.610. The van der Waals surface area contributed by atoms with Crippen molar-refractivity contribution in [3.05, 3.63) is 54.1 Å².